The first-order valence-corrected chi connectivity index (χ1v) is 31.9. The fourth-order valence-corrected chi connectivity index (χ4v) is 14.7. The molecule has 0 amide bonds. The van der Waals surface area contributed by atoms with E-state index in [1.54, 1.807) is 86.3 Å². The average molecular weight is 1230 g/mol. The molecule has 2 aliphatic heterocycles. The lowest BCUT2D eigenvalue weighted by Gasteiger charge is -2.46. The Morgan fingerprint density at radius 2 is 0.870 bits per heavy atom. The van der Waals surface area contributed by atoms with Gasteiger partial charge in [-0.1, -0.05) is 243 Å². The third kappa shape index (κ3) is 8.85. The molecule has 15 aromatic rings. The predicted molar refractivity (Wildman–Crippen MR) is 398 cm³/mol. The highest BCUT2D eigenvalue weighted by molar-refractivity contribution is 7.26. The molecular formula is C86H73BN4S. The van der Waals surface area contributed by atoms with Crippen molar-refractivity contribution in [2.75, 3.05) is 9.80 Å². The maximum atomic E-state index is 11.7. The van der Waals surface area contributed by atoms with Gasteiger partial charge < -0.3 is 18.9 Å². The van der Waals surface area contributed by atoms with E-state index in [1.165, 1.54) is 16.2 Å². The van der Waals surface area contributed by atoms with Crippen molar-refractivity contribution >= 4 is 132 Å². The Kier molecular flexibility index (Phi) is 8.25. The Labute approximate surface area is 580 Å². The number of unbranched alkanes of at least 4 members (excludes halogenated alkanes) is 3. The first kappa shape index (κ1) is 35.1. The van der Waals surface area contributed by atoms with Crippen molar-refractivity contribution in [3.8, 4) is 33.6 Å². The Morgan fingerprint density at radius 3 is 1.36 bits per heavy atom. The van der Waals surface area contributed by atoms with Crippen molar-refractivity contribution in [1.82, 2.24) is 9.13 Å². The number of thiophene rings is 1. The standard InChI is InChI=1S/C86H73BN4S/c1-8-9-10-13-32-57-43-46-67-66-37-22-27-42-80(66)92-84(67)82(57)90-76-53-60(88-72-38-23-18-33-62(72)63-34-19-24-39-73(63)88)44-47-70(76)87-71-48-45-61(89-74-40-25-20-35-64(74)65-36-21-26-41-75(65)89)54-77(71)91(79-52-59(86(5,6)7)51-78(90)81(79)87)83-68(55-28-14-11-15-29-55)49-58(85(2,3)4)50-69(83)56-30-16-12-17-31-56/h11-12,14-31,33-54H,8-10,13,32H2,1-7H3/i18D,19D,20D,21D,23D,24D,25D,26D,33D,34D,35D,36D,38D,39D,40D,41D,44D,45D,47D,48D,49D,50D,51D,52D,53D,54D. The second kappa shape index (κ2) is 21.6. The third-order valence-electron chi connectivity index (χ3n) is 17.8. The molecule has 92 heavy (non-hydrogen) atoms. The molecule has 6 heteroatoms. The lowest BCUT2D eigenvalue weighted by molar-refractivity contribution is 0.590. The van der Waals surface area contributed by atoms with Crippen LogP contribution in [0.2, 0.25) is 0 Å². The Balaban J connectivity index is 1.19. The van der Waals surface area contributed by atoms with Crippen LogP contribution in [0.25, 0.3) is 97.4 Å². The Morgan fingerprint density at radius 1 is 0.413 bits per heavy atom. The van der Waals surface area contributed by atoms with Crippen molar-refractivity contribution in [2.24, 2.45) is 0 Å². The average Bonchev–Trinajstić information content (AvgIpc) is 0.836. The molecular weight excluding hydrogens is 1130 g/mol. The highest BCUT2D eigenvalue weighted by atomic mass is 32.1. The summed E-state index contributed by atoms with van der Waals surface area (Å²) in [5.74, 6) is 0. The Hall–Kier alpha value is -9.88. The van der Waals surface area contributed by atoms with E-state index in [2.05, 4.69) is 6.92 Å². The van der Waals surface area contributed by atoms with Crippen molar-refractivity contribution in [3.63, 3.8) is 0 Å². The zero-order valence-corrected chi connectivity index (χ0v) is 52.4. The molecule has 0 aliphatic carbocycles. The fraction of sp³-hybridized carbons (Fsp3) is 0.163. The summed E-state index contributed by atoms with van der Waals surface area (Å²) in [4.78, 5) is 3.16. The third-order valence-corrected chi connectivity index (χ3v) is 19.0. The van der Waals surface area contributed by atoms with Crippen LogP contribution in [0.1, 0.15) is 126 Å². The van der Waals surface area contributed by atoms with Crippen LogP contribution < -0.4 is 26.2 Å². The van der Waals surface area contributed by atoms with Gasteiger partial charge in [0.15, 0.2) is 0 Å². The molecule has 0 spiro atoms. The number of anilines is 6. The monoisotopic (exact) mass is 1230 g/mol. The lowest BCUT2D eigenvalue weighted by Crippen LogP contribution is -2.61. The molecule has 0 unspecified atom stereocenters. The molecule has 5 heterocycles. The van der Waals surface area contributed by atoms with Gasteiger partial charge >= 0.3 is 0 Å². The van der Waals surface area contributed by atoms with Gasteiger partial charge in [-0.05, 0) is 146 Å². The van der Waals surface area contributed by atoms with Crippen LogP contribution in [0.3, 0.4) is 0 Å². The van der Waals surface area contributed by atoms with Crippen LogP contribution in [0.4, 0.5) is 34.1 Å². The molecule has 2 aliphatic rings. The molecule has 3 aromatic heterocycles. The van der Waals surface area contributed by atoms with E-state index in [9.17, 15) is 30.2 Å². The molecule has 0 fully saturated rings. The van der Waals surface area contributed by atoms with Gasteiger partial charge in [0.25, 0.3) is 6.71 Å². The molecule has 0 saturated carbocycles. The summed E-state index contributed by atoms with van der Waals surface area (Å²) in [5.41, 5.74) is -5.48. The van der Waals surface area contributed by atoms with Gasteiger partial charge in [-0.2, -0.15) is 0 Å². The maximum absolute atomic E-state index is 11.7. The van der Waals surface area contributed by atoms with Gasteiger partial charge in [-0.3, -0.25) is 0 Å². The molecule has 446 valence electrons. The van der Waals surface area contributed by atoms with E-state index in [4.69, 9.17) is 5.48 Å². The normalized spacial score (nSPS) is 17.1. The van der Waals surface area contributed by atoms with Gasteiger partial charge in [0, 0.05) is 82.3 Å². The number of para-hydroxylation sites is 4. The fourth-order valence-electron chi connectivity index (χ4n) is 13.5. The largest absolute Gasteiger partial charge is 0.310 e. The van der Waals surface area contributed by atoms with E-state index in [0.29, 0.717) is 45.3 Å². The van der Waals surface area contributed by atoms with Crippen LogP contribution in [0.15, 0.2) is 254 Å². The van der Waals surface area contributed by atoms with Crippen LogP contribution in [-0.4, -0.2) is 15.8 Å². The van der Waals surface area contributed by atoms with Gasteiger partial charge in [-0.15, -0.1) is 11.3 Å². The molecule has 0 saturated heterocycles. The van der Waals surface area contributed by atoms with Crippen LogP contribution in [0, 0.1) is 0 Å². The zero-order valence-electron chi connectivity index (χ0n) is 77.5. The second-order valence-electron chi connectivity index (χ2n) is 25.7. The molecule has 17 rings (SSSR count). The predicted octanol–water partition coefficient (Wildman–Crippen LogP) is 22.4. The Bertz CT molecular complexity index is 6820. The minimum Gasteiger partial charge on any atom is -0.310 e. The van der Waals surface area contributed by atoms with E-state index in [-0.39, 0.29) is 74.1 Å². The van der Waals surface area contributed by atoms with Gasteiger partial charge in [-0.25, -0.2) is 0 Å². The number of nitrogens with zero attached hydrogens (tertiary/aromatic N) is 4. The molecule has 0 atom stereocenters. The topological polar surface area (TPSA) is 16.3 Å². The van der Waals surface area contributed by atoms with Crippen LogP contribution >= 0.6 is 11.3 Å². The van der Waals surface area contributed by atoms with Crippen LogP contribution in [0.5, 0.6) is 0 Å². The number of rotatable bonds is 11. The SMILES string of the molecule is [2H]c1c([2H])c(-n2c3c([2H])c([2H])c([2H])c([2H])c3c3c([2H])c([2H])c([2H])c([2H])c32)c([2H])c2c1B1c3c([2H])c([2H])c(-n4c5c([2H])c([2H])c([2H])c([2H])c5c5c([2H])c([2H])c([2H])c([2H])c54)c([2H])c3N(c3c(CCCCCC)ccc4c3sc3ccccc34)c3c([2H])c(C(C)(C)C)c([2H])c(c31)N2c1c(-c2ccccc2)c([2H])c(C(C)(C)C)c([2H])c1-c1ccccc1. The second-order valence-corrected chi connectivity index (χ2v) is 26.7. The zero-order chi connectivity index (χ0) is 84.8. The summed E-state index contributed by atoms with van der Waals surface area (Å²) in [5, 5.41) is -0.167. The molecule has 0 N–H and O–H groups in total. The minimum atomic E-state index is -1.93. The van der Waals surface area contributed by atoms with E-state index >= 15 is 0 Å². The number of benzene rings is 12. The summed E-state index contributed by atoms with van der Waals surface area (Å²) in [6.45, 7) is 11.1. The van der Waals surface area contributed by atoms with Crippen molar-refractivity contribution in [3.05, 3.63) is 271 Å². The first-order chi connectivity index (χ1) is 55.8. The first-order valence-electron chi connectivity index (χ1n) is 44.1. The number of aryl methyl sites for hydroxylation is 1. The van der Waals surface area contributed by atoms with Gasteiger partial charge in [0.05, 0.1) is 73.8 Å². The van der Waals surface area contributed by atoms with Gasteiger partial charge in [0.1, 0.15) is 0 Å². The number of aromatic nitrogens is 2. The lowest BCUT2D eigenvalue weighted by atomic mass is 9.33. The molecule has 12 aromatic carbocycles. The summed E-state index contributed by atoms with van der Waals surface area (Å²) >= 11 is 1.38. The van der Waals surface area contributed by atoms with E-state index < -0.39 is 223 Å². The van der Waals surface area contributed by atoms with E-state index in [1.807, 2.05) is 57.2 Å². The number of hydrogen-bond acceptors (Lipinski definition) is 3. The molecule has 0 bridgehead atoms. The van der Waals surface area contributed by atoms with Crippen molar-refractivity contribution in [2.45, 2.75) is 91.4 Å². The maximum Gasteiger partial charge on any atom is 0.252 e. The van der Waals surface area contributed by atoms with Crippen molar-refractivity contribution < 1.29 is 35.6 Å². The minimum absolute atomic E-state index is 0.00893. The highest BCUT2D eigenvalue weighted by Crippen LogP contribution is 2.55. The summed E-state index contributed by atoms with van der Waals surface area (Å²) < 4.78 is 267. The summed E-state index contributed by atoms with van der Waals surface area (Å²) in [6.07, 6.45) is 3.33. The van der Waals surface area contributed by atoms with Crippen molar-refractivity contribution in [1.29, 1.82) is 0 Å². The van der Waals surface area contributed by atoms with Crippen LogP contribution in [-0.2, 0) is 17.3 Å². The van der Waals surface area contributed by atoms with E-state index in [0.717, 1.165) is 38.5 Å². The number of fused-ring (bicyclic) bond motifs is 13. The highest BCUT2D eigenvalue weighted by Gasteiger charge is 2.46. The molecule has 4 nitrogen and oxygen atoms in total. The van der Waals surface area contributed by atoms with Gasteiger partial charge in [0.2, 0.25) is 0 Å². The molecule has 0 radical (unpaired) electrons. The summed E-state index contributed by atoms with van der Waals surface area (Å²) in [7, 11) is 0. The quantitative estimate of drug-likeness (QED) is 0.0948. The smallest absolute Gasteiger partial charge is 0.252 e. The summed E-state index contributed by atoms with van der Waals surface area (Å²) in [6, 6.07) is 10.4. The number of hydrogen-bond donors (Lipinski definition) is 0.